The highest BCUT2D eigenvalue weighted by Gasteiger charge is 2.12. The summed E-state index contributed by atoms with van der Waals surface area (Å²) >= 11 is 6.16. The van der Waals surface area contributed by atoms with Crippen molar-refractivity contribution in [2.45, 2.75) is 6.92 Å². The molecule has 0 aliphatic rings. The van der Waals surface area contributed by atoms with E-state index in [4.69, 9.17) is 11.6 Å². The van der Waals surface area contributed by atoms with Gasteiger partial charge >= 0.3 is 0 Å². The summed E-state index contributed by atoms with van der Waals surface area (Å²) < 4.78 is 1.53. The van der Waals surface area contributed by atoms with Gasteiger partial charge in [-0.25, -0.2) is 15.0 Å². The number of hydrogen-bond acceptors (Lipinski definition) is 4. The fourth-order valence-electron chi connectivity index (χ4n) is 2.95. The SMILES string of the molecule is Cc1cccc(-n2c(N/N=C/c3ccccc3Cl)nc3ccccc3c2=O)c1. The number of nitrogens with zero attached hydrogens (tertiary/aromatic N) is 3. The fraction of sp³-hybridized carbons (Fsp3) is 0.0455. The molecule has 6 heteroatoms. The highest BCUT2D eigenvalue weighted by molar-refractivity contribution is 6.33. The van der Waals surface area contributed by atoms with Crippen LogP contribution in [0.15, 0.2) is 82.7 Å². The summed E-state index contributed by atoms with van der Waals surface area (Å²) in [6, 6.07) is 22.3. The first kappa shape index (κ1) is 17.9. The first-order chi connectivity index (χ1) is 13.6. The van der Waals surface area contributed by atoms with Crippen molar-refractivity contribution in [1.29, 1.82) is 0 Å². The van der Waals surface area contributed by atoms with Gasteiger partial charge in [-0.3, -0.25) is 4.79 Å². The summed E-state index contributed by atoms with van der Waals surface area (Å²) in [5.41, 5.74) is 5.88. The van der Waals surface area contributed by atoms with E-state index in [0.717, 1.165) is 16.8 Å². The minimum absolute atomic E-state index is 0.161. The second-order valence-corrected chi connectivity index (χ2v) is 6.73. The second kappa shape index (κ2) is 7.66. The van der Waals surface area contributed by atoms with Crippen LogP contribution in [0.2, 0.25) is 5.02 Å². The van der Waals surface area contributed by atoms with Crippen molar-refractivity contribution in [1.82, 2.24) is 9.55 Å². The van der Waals surface area contributed by atoms with Crippen molar-refractivity contribution in [2.24, 2.45) is 5.10 Å². The molecule has 4 rings (SSSR count). The van der Waals surface area contributed by atoms with Gasteiger partial charge in [-0.1, -0.05) is 54.1 Å². The number of benzene rings is 3. The summed E-state index contributed by atoms with van der Waals surface area (Å²) in [5, 5.41) is 5.39. The molecule has 0 unspecified atom stereocenters. The molecule has 0 saturated carbocycles. The molecule has 4 aromatic rings. The van der Waals surface area contributed by atoms with Gasteiger partial charge in [0.15, 0.2) is 0 Å². The van der Waals surface area contributed by atoms with E-state index >= 15 is 0 Å². The van der Waals surface area contributed by atoms with E-state index in [0.29, 0.717) is 21.9 Å². The molecule has 0 radical (unpaired) electrons. The quantitative estimate of drug-likeness (QED) is 0.403. The Hall–Kier alpha value is -3.44. The van der Waals surface area contributed by atoms with E-state index < -0.39 is 0 Å². The van der Waals surface area contributed by atoms with Gasteiger partial charge in [0.1, 0.15) is 0 Å². The number of hydrazone groups is 1. The first-order valence-electron chi connectivity index (χ1n) is 8.76. The van der Waals surface area contributed by atoms with Gasteiger partial charge in [-0.15, -0.1) is 0 Å². The second-order valence-electron chi connectivity index (χ2n) is 6.32. The number of aryl methyl sites for hydroxylation is 1. The minimum Gasteiger partial charge on any atom is -0.268 e. The van der Waals surface area contributed by atoms with Crippen LogP contribution in [-0.2, 0) is 0 Å². The maximum absolute atomic E-state index is 13.2. The van der Waals surface area contributed by atoms with E-state index in [1.807, 2.05) is 61.5 Å². The highest BCUT2D eigenvalue weighted by Crippen LogP contribution is 2.18. The molecule has 0 saturated heterocycles. The highest BCUT2D eigenvalue weighted by atomic mass is 35.5. The third-order valence-corrected chi connectivity index (χ3v) is 4.65. The predicted molar refractivity (Wildman–Crippen MR) is 115 cm³/mol. The van der Waals surface area contributed by atoms with Gasteiger partial charge in [0.05, 0.1) is 22.8 Å². The Bertz CT molecular complexity index is 1250. The summed E-state index contributed by atoms with van der Waals surface area (Å²) in [6.07, 6.45) is 1.60. The normalized spacial score (nSPS) is 11.2. The van der Waals surface area contributed by atoms with Gasteiger partial charge in [-0.2, -0.15) is 5.10 Å². The van der Waals surface area contributed by atoms with Crippen LogP contribution in [0.5, 0.6) is 0 Å². The zero-order chi connectivity index (χ0) is 19.5. The summed E-state index contributed by atoms with van der Waals surface area (Å²) in [6.45, 7) is 1.98. The molecule has 5 nitrogen and oxygen atoms in total. The van der Waals surface area contributed by atoms with Crippen LogP contribution >= 0.6 is 11.6 Å². The number of aromatic nitrogens is 2. The Kier molecular flexibility index (Phi) is 4.91. The predicted octanol–water partition coefficient (Wildman–Crippen LogP) is 4.79. The largest absolute Gasteiger partial charge is 0.268 e. The number of hydrogen-bond donors (Lipinski definition) is 1. The fourth-order valence-corrected chi connectivity index (χ4v) is 3.14. The Morgan fingerprint density at radius 2 is 1.82 bits per heavy atom. The minimum atomic E-state index is -0.161. The number of fused-ring (bicyclic) bond motifs is 1. The summed E-state index contributed by atoms with van der Waals surface area (Å²) in [4.78, 5) is 17.8. The Morgan fingerprint density at radius 1 is 1.04 bits per heavy atom. The Labute approximate surface area is 166 Å². The van der Waals surface area contributed by atoms with Crippen LogP contribution in [0, 0.1) is 6.92 Å². The standard InChI is InChI=1S/C22H17ClN4O/c1-15-7-6-9-17(13-15)27-21(28)18-10-3-5-12-20(18)25-22(27)26-24-14-16-8-2-4-11-19(16)23/h2-14H,1H3,(H,25,26)/b24-14+. The molecule has 3 aromatic carbocycles. The number of halogens is 1. The van der Waals surface area contributed by atoms with Crippen molar-refractivity contribution in [2.75, 3.05) is 5.43 Å². The summed E-state index contributed by atoms with van der Waals surface area (Å²) in [5.74, 6) is 0.331. The van der Waals surface area contributed by atoms with Crippen LogP contribution in [0.25, 0.3) is 16.6 Å². The zero-order valence-corrected chi connectivity index (χ0v) is 15.9. The number of nitrogens with one attached hydrogen (secondary N) is 1. The topological polar surface area (TPSA) is 59.3 Å². The third-order valence-electron chi connectivity index (χ3n) is 4.31. The van der Waals surface area contributed by atoms with E-state index in [9.17, 15) is 4.79 Å². The lowest BCUT2D eigenvalue weighted by atomic mass is 10.2. The smallest absolute Gasteiger partial charge is 0.267 e. The number of rotatable bonds is 4. The molecule has 0 fully saturated rings. The van der Waals surface area contributed by atoms with Crippen molar-refractivity contribution >= 4 is 34.7 Å². The Balaban J connectivity index is 1.83. The average molecular weight is 389 g/mol. The van der Waals surface area contributed by atoms with E-state index in [2.05, 4.69) is 15.5 Å². The molecule has 1 heterocycles. The van der Waals surface area contributed by atoms with Crippen LogP contribution < -0.4 is 11.0 Å². The van der Waals surface area contributed by atoms with Crippen molar-refractivity contribution in [3.05, 3.63) is 99.3 Å². The lowest BCUT2D eigenvalue weighted by molar-refractivity contribution is 0.955. The van der Waals surface area contributed by atoms with Crippen LogP contribution in [0.4, 0.5) is 5.95 Å². The van der Waals surface area contributed by atoms with E-state index in [-0.39, 0.29) is 5.56 Å². The molecule has 0 atom stereocenters. The van der Waals surface area contributed by atoms with Gasteiger partial charge in [-0.05, 0) is 42.8 Å². The molecule has 0 bridgehead atoms. The van der Waals surface area contributed by atoms with Crippen LogP contribution in [0.3, 0.4) is 0 Å². The average Bonchev–Trinajstić information content (AvgIpc) is 2.70. The van der Waals surface area contributed by atoms with Gasteiger partial charge < -0.3 is 0 Å². The zero-order valence-electron chi connectivity index (χ0n) is 15.1. The first-order valence-corrected chi connectivity index (χ1v) is 9.14. The summed E-state index contributed by atoms with van der Waals surface area (Å²) in [7, 11) is 0. The number of para-hydroxylation sites is 1. The molecule has 0 amide bonds. The van der Waals surface area contributed by atoms with Crippen LogP contribution in [0.1, 0.15) is 11.1 Å². The van der Waals surface area contributed by atoms with Crippen LogP contribution in [-0.4, -0.2) is 15.8 Å². The molecular weight excluding hydrogens is 372 g/mol. The van der Waals surface area contributed by atoms with Crippen molar-refractivity contribution in [3.63, 3.8) is 0 Å². The maximum atomic E-state index is 13.2. The Morgan fingerprint density at radius 3 is 2.64 bits per heavy atom. The van der Waals surface area contributed by atoms with Gasteiger partial charge in [0.25, 0.3) is 5.56 Å². The lowest BCUT2D eigenvalue weighted by Gasteiger charge is -2.13. The third kappa shape index (κ3) is 3.52. The maximum Gasteiger partial charge on any atom is 0.267 e. The van der Waals surface area contributed by atoms with Crippen molar-refractivity contribution in [3.8, 4) is 5.69 Å². The molecule has 28 heavy (non-hydrogen) atoms. The molecular formula is C22H17ClN4O. The molecule has 1 N–H and O–H groups in total. The van der Waals surface area contributed by atoms with E-state index in [1.165, 1.54) is 4.57 Å². The molecule has 0 aliphatic heterocycles. The van der Waals surface area contributed by atoms with Gasteiger partial charge in [0.2, 0.25) is 5.95 Å². The molecule has 138 valence electrons. The number of anilines is 1. The van der Waals surface area contributed by atoms with Crippen molar-refractivity contribution < 1.29 is 0 Å². The molecule has 0 aliphatic carbocycles. The van der Waals surface area contributed by atoms with Gasteiger partial charge in [0, 0.05) is 10.6 Å². The molecule has 1 aromatic heterocycles. The monoisotopic (exact) mass is 388 g/mol. The molecule has 0 spiro atoms. The lowest BCUT2D eigenvalue weighted by Crippen LogP contribution is -2.22. The van der Waals surface area contributed by atoms with E-state index in [1.54, 1.807) is 24.4 Å².